The maximum atomic E-state index is 13.3. The minimum Gasteiger partial charge on any atom is -0.486 e. The SMILES string of the molecule is CNC[C@@H](c1ccccc1)c1cc2c(cn1)CN(S(=O)(=O)c1ccc3c(c1)OCCO3)C2. The lowest BCUT2D eigenvalue weighted by atomic mass is 9.94. The van der Waals surface area contributed by atoms with E-state index in [0.29, 0.717) is 37.8 Å². The second kappa shape index (κ2) is 8.54. The van der Waals surface area contributed by atoms with E-state index < -0.39 is 10.0 Å². The molecular weight excluding hydrogens is 426 g/mol. The number of benzene rings is 2. The first-order valence-electron chi connectivity index (χ1n) is 10.6. The van der Waals surface area contributed by atoms with E-state index in [1.54, 1.807) is 18.2 Å². The molecule has 0 spiro atoms. The molecule has 0 radical (unpaired) electrons. The molecule has 1 aromatic heterocycles. The van der Waals surface area contributed by atoms with Gasteiger partial charge in [-0.05, 0) is 41.9 Å². The maximum absolute atomic E-state index is 13.3. The van der Waals surface area contributed by atoms with Crippen LogP contribution in [0.4, 0.5) is 0 Å². The zero-order valence-electron chi connectivity index (χ0n) is 17.8. The van der Waals surface area contributed by atoms with Gasteiger partial charge in [0.1, 0.15) is 13.2 Å². The molecule has 0 unspecified atom stereocenters. The van der Waals surface area contributed by atoms with Gasteiger partial charge in [-0.25, -0.2) is 8.42 Å². The Bertz CT molecular complexity index is 1230. The average Bonchev–Trinajstić information content (AvgIpc) is 3.27. The van der Waals surface area contributed by atoms with E-state index >= 15 is 0 Å². The van der Waals surface area contributed by atoms with Gasteiger partial charge in [0.25, 0.3) is 0 Å². The molecule has 2 aliphatic heterocycles. The fourth-order valence-corrected chi connectivity index (χ4v) is 5.66. The van der Waals surface area contributed by atoms with Gasteiger partial charge in [-0.3, -0.25) is 4.98 Å². The summed E-state index contributed by atoms with van der Waals surface area (Å²) in [6, 6.07) is 17.1. The summed E-state index contributed by atoms with van der Waals surface area (Å²) in [6.45, 7) is 2.25. The van der Waals surface area contributed by atoms with Gasteiger partial charge < -0.3 is 14.8 Å². The van der Waals surface area contributed by atoms with Crippen molar-refractivity contribution in [3.8, 4) is 11.5 Å². The number of fused-ring (bicyclic) bond motifs is 2. The van der Waals surface area contributed by atoms with Crippen LogP contribution in [0.5, 0.6) is 11.5 Å². The van der Waals surface area contributed by atoms with Crippen molar-refractivity contribution in [3.05, 3.63) is 83.2 Å². The van der Waals surface area contributed by atoms with Crippen LogP contribution in [0.1, 0.15) is 28.3 Å². The molecule has 5 rings (SSSR count). The summed E-state index contributed by atoms with van der Waals surface area (Å²) in [5.41, 5.74) is 4.04. The Morgan fingerprint density at radius 3 is 2.53 bits per heavy atom. The summed E-state index contributed by atoms with van der Waals surface area (Å²) in [5.74, 6) is 1.14. The number of nitrogens with one attached hydrogen (secondary N) is 1. The quantitative estimate of drug-likeness (QED) is 0.621. The van der Waals surface area contributed by atoms with Gasteiger partial charge in [0, 0.05) is 43.5 Å². The highest BCUT2D eigenvalue weighted by Gasteiger charge is 2.32. The van der Waals surface area contributed by atoms with Gasteiger partial charge in [0.2, 0.25) is 10.0 Å². The van der Waals surface area contributed by atoms with E-state index in [-0.39, 0.29) is 10.8 Å². The molecule has 0 amide bonds. The summed E-state index contributed by atoms with van der Waals surface area (Å²) in [4.78, 5) is 4.90. The van der Waals surface area contributed by atoms with Crippen molar-refractivity contribution in [2.45, 2.75) is 23.9 Å². The molecule has 0 aliphatic carbocycles. The van der Waals surface area contributed by atoms with E-state index in [9.17, 15) is 8.42 Å². The van der Waals surface area contributed by atoms with Crippen molar-refractivity contribution in [2.75, 3.05) is 26.8 Å². The van der Waals surface area contributed by atoms with E-state index in [2.05, 4.69) is 17.4 Å². The fourth-order valence-electron chi connectivity index (χ4n) is 4.25. The van der Waals surface area contributed by atoms with Crippen LogP contribution in [0.2, 0.25) is 0 Å². The van der Waals surface area contributed by atoms with Crippen LogP contribution in [-0.2, 0) is 23.1 Å². The molecule has 2 aromatic carbocycles. The van der Waals surface area contributed by atoms with Gasteiger partial charge in [-0.15, -0.1) is 0 Å². The lowest BCUT2D eigenvalue weighted by Gasteiger charge is -2.20. The number of sulfonamides is 1. The zero-order valence-corrected chi connectivity index (χ0v) is 18.6. The third-order valence-corrected chi connectivity index (χ3v) is 7.70. The van der Waals surface area contributed by atoms with Crippen LogP contribution in [0.15, 0.2) is 65.7 Å². The molecule has 3 heterocycles. The van der Waals surface area contributed by atoms with Crippen molar-refractivity contribution in [1.82, 2.24) is 14.6 Å². The minimum absolute atomic E-state index is 0.0925. The molecule has 166 valence electrons. The number of rotatable bonds is 6. The molecule has 2 aliphatic rings. The topological polar surface area (TPSA) is 80.8 Å². The number of nitrogens with zero attached hydrogens (tertiary/aromatic N) is 2. The standard InChI is InChI=1S/C24H25N3O4S/c1-25-14-21(17-5-3-2-4-6-17)22-11-18-15-27(16-19(18)13-26-22)32(28,29)20-7-8-23-24(12-20)31-10-9-30-23/h2-8,11-13,21,25H,9-10,14-16H2,1H3/t21-/m0/s1. The lowest BCUT2D eigenvalue weighted by molar-refractivity contribution is 0.171. The van der Waals surface area contributed by atoms with Crippen LogP contribution in [0.25, 0.3) is 0 Å². The Morgan fingerprint density at radius 1 is 1.00 bits per heavy atom. The molecule has 32 heavy (non-hydrogen) atoms. The molecule has 0 bridgehead atoms. The maximum Gasteiger partial charge on any atom is 0.243 e. The van der Waals surface area contributed by atoms with Crippen LogP contribution in [0.3, 0.4) is 0 Å². The third kappa shape index (κ3) is 3.85. The number of aromatic nitrogens is 1. The van der Waals surface area contributed by atoms with E-state index in [0.717, 1.165) is 23.4 Å². The Kier molecular flexibility index (Phi) is 5.58. The highest BCUT2D eigenvalue weighted by molar-refractivity contribution is 7.89. The molecule has 3 aromatic rings. The van der Waals surface area contributed by atoms with Gasteiger partial charge >= 0.3 is 0 Å². The van der Waals surface area contributed by atoms with Crippen LogP contribution in [-0.4, -0.2) is 44.5 Å². The Morgan fingerprint density at radius 2 is 1.75 bits per heavy atom. The summed E-state index contributed by atoms with van der Waals surface area (Å²) in [6.07, 6.45) is 1.82. The van der Waals surface area contributed by atoms with Gasteiger partial charge in [0.05, 0.1) is 4.90 Å². The smallest absolute Gasteiger partial charge is 0.243 e. The largest absolute Gasteiger partial charge is 0.486 e. The number of ether oxygens (including phenoxy) is 2. The van der Waals surface area contributed by atoms with Crippen molar-refractivity contribution in [2.24, 2.45) is 0 Å². The predicted octanol–water partition coefficient (Wildman–Crippen LogP) is 2.91. The number of hydrogen-bond donors (Lipinski definition) is 1. The summed E-state index contributed by atoms with van der Waals surface area (Å²) >= 11 is 0. The molecule has 0 saturated carbocycles. The third-order valence-electron chi connectivity index (χ3n) is 5.92. The molecular formula is C24H25N3O4S. The Balaban J connectivity index is 1.41. The van der Waals surface area contributed by atoms with Crippen LogP contribution < -0.4 is 14.8 Å². The van der Waals surface area contributed by atoms with Crippen LogP contribution in [0, 0.1) is 0 Å². The second-order valence-electron chi connectivity index (χ2n) is 7.98. The van der Waals surface area contributed by atoms with Gasteiger partial charge in [-0.1, -0.05) is 30.3 Å². The first kappa shape index (κ1) is 20.9. The number of hydrogen-bond acceptors (Lipinski definition) is 6. The molecule has 0 saturated heterocycles. The second-order valence-corrected chi connectivity index (χ2v) is 9.92. The van der Waals surface area contributed by atoms with Crippen molar-refractivity contribution >= 4 is 10.0 Å². The first-order chi connectivity index (χ1) is 15.6. The highest BCUT2D eigenvalue weighted by atomic mass is 32.2. The Hall–Kier alpha value is -2.94. The van der Waals surface area contributed by atoms with E-state index in [1.807, 2.05) is 37.5 Å². The van der Waals surface area contributed by atoms with Crippen molar-refractivity contribution in [1.29, 1.82) is 0 Å². The normalized spacial score (nSPS) is 16.5. The van der Waals surface area contributed by atoms with E-state index in [4.69, 9.17) is 14.5 Å². The summed E-state index contributed by atoms with van der Waals surface area (Å²) < 4.78 is 39.2. The fraction of sp³-hybridized carbons (Fsp3) is 0.292. The molecule has 1 N–H and O–H groups in total. The number of pyridine rings is 1. The Labute approximate surface area is 188 Å². The lowest BCUT2D eigenvalue weighted by Crippen LogP contribution is -2.26. The zero-order chi connectivity index (χ0) is 22.1. The summed E-state index contributed by atoms with van der Waals surface area (Å²) in [7, 11) is -1.76. The predicted molar refractivity (Wildman–Crippen MR) is 120 cm³/mol. The average molecular weight is 452 g/mol. The van der Waals surface area contributed by atoms with Gasteiger partial charge in [-0.2, -0.15) is 4.31 Å². The molecule has 1 atom stereocenters. The highest BCUT2D eigenvalue weighted by Crippen LogP contribution is 2.36. The van der Waals surface area contributed by atoms with Crippen molar-refractivity contribution < 1.29 is 17.9 Å². The number of likely N-dealkylation sites (N-methyl/N-ethyl adjacent to an activating group) is 1. The minimum atomic E-state index is -3.68. The van der Waals surface area contributed by atoms with Crippen molar-refractivity contribution in [3.63, 3.8) is 0 Å². The summed E-state index contributed by atoms with van der Waals surface area (Å²) in [5, 5.41) is 3.24. The van der Waals surface area contributed by atoms with Crippen LogP contribution >= 0.6 is 0 Å². The van der Waals surface area contributed by atoms with Gasteiger partial charge in [0.15, 0.2) is 11.5 Å². The molecule has 8 heteroatoms. The van der Waals surface area contributed by atoms with E-state index in [1.165, 1.54) is 9.87 Å². The monoisotopic (exact) mass is 451 g/mol. The molecule has 7 nitrogen and oxygen atoms in total. The first-order valence-corrected chi connectivity index (χ1v) is 12.1. The molecule has 0 fully saturated rings.